The molecule has 0 heterocycles. The highest BCUT2D eigenvalue weighted by Gasteiger charge is 2.36. The van der Waals surface area contributed by atoms with Crippen LogP contribution in [0.1, 0.15) is 40.2 Å². The van der Waals surface area contributed by atoms with Crippen molar-refractivity contribution in [3.05, 3.63) is 143 Å². The van der Waals surface area contributed by atoms with Crippen molar-refractivity contribution >= 4 is 39.4 Å². The smallest absolute Gasteiger partial charge is 0.242 e. The third kappa shape index (κ3) is 10.0. The second-order valence-corrected chi connectivity index (χ2v) is 13.5. The third-order valence-corrected chi connectivity index (χ3v) is 9.38. The summed E-state index contributed by atoms with van der Waals surface area (Å²) in [6.07, 6.45) is 2.25. The Morgan fingerprint density at radius 1 is 0.783 bits per heavy atom. The van der Waals surface area contributed by atoms with Crippen molar-refractivity contribution in [1.82, 2.24) is 15.4 Å². The molecule has 240 valence electrons. The Kier molecular flexibility index (Phi) is 12.5. The molecule has 0 fully saturated rings. The lowest BCUT2D eigenvalue weighted by molar-refractivity contribution is -0.130. The number of benzene rings is 4. The number of hydrogen-bond donors (Lipinski definition) is 5. The molecule has 4 aromatic carbocycles. The minimum atomic E-state index is -4.01. The molecule has 6 N–H and O–H groups in total. The molecule has 0 saturated heterocycles. The van der Waals surface area contributed by atoms with E-state index in [9.17, 15) is 18.0 Å². The van der Waals surface area contributed by atoms with Crippen molar-refractivity contribution in [2.75, 3.05) is 12.0 Å². The van der Waals surface area contributed by atoms with Gasteiger partial charge in [0, 0.05) is 18.0 Å². The average Bonchev–Trinajstić information content (AvgIpc) is 3.06. The van der Waals surface area contributed by atoms with Crippen LogP contribution in [0.25, 0.3) is 0 Å². The van der Waals surface area contributed by atoms with E-state index in [4.69, 9.17) is 11.1 Å². The van der Waals surface area contributed by atoms with E-state index in [-0.39, 0.29) is 24.0 Å². The number of amidine groups is 1. The number of hydrogen-bond acceptors (Lipinski definition) is 6. The molecule has 9 nitrogen and oxygen atoms in total. The number of nitrogen functional groups attached to an aromatic ring is 1. The Hall–Kier alpha value is -4.45. The minimum absolute atomic E-state index is 0.0475. The maximum Gasteiger partial charge on any atom is 0.242 e. The van der Waals surface area contributed by atoms with Gasteiger partial charge in [0.2, 0.25) is 21.8 Å². The normalized spacial score (nSPS) is 12.7. The molecule has 0 saturated carbocycles. The molecule has 11 heteroatoms. The molecule has 4 aromatic rings. The highest BCUT2D eigenvalue weighted by Crippen LogP contribution is 2.29. The van der Waals surface area contributed by atoms with E-state index in [1.54, 1.807) is 48.5 Å². The second kappa shape index (κ2) is 16.7. The highest BCUT2D eigenvalue weighted by atomic mass is 32.2. The van der Waals surface area contributed by atoms with Crippen LogP contribution in [-0.2, 0) is 31.9 Å². The summed E-state index contributed by atoms with van der Waals surface area (Å²) in [5, 5.41) is 13.3. The number of amides is 2. The van der Waals surface area contributed by atoms with E-state index in [1.807, 2.05) is 73.0 Å². The average molecular weight is 658 g/mol. The van der Waals surface area contributed by atoms with Gasteiger partial charge in [-0.3, -0.25) is 15.0 Å². The summed E-state index contributed by atoms with van der Waals surface area (Å²) in [7, 11) is -4.01. The Labute approximate surface area is 274 Å². The summed E-state index contributed by atoms with van der Waals surface area (Å²) in [6.45, 7) is 0.201. The van der Waals surface area contributed by atoms with Gasteiger partial charge in [-0.2, -0.15) is 11.8 Å². The molecule has 2 atom stereocenters. The van der Waals surface area contributed by atoms with E-state index in [2.05, 4.69) is 15.4 Å². The van der Waals surface area contributed by atoms with Crippen LogP contribution in [0.4, 0.5) is 0 Å². The highest BCUT2D eigenvalue weighted by molar-refractivity contribution is 7.98. The maximum atomic E-state index is 14.3. The minimum Gasteiger partial charge on any atom is -0.384 e. The lowest BCUT2D eigenvalue weighted by atomic mass is 9.85. The van der Waals surface area contributed by atoms with Gasteiger partial charge in [-0.15, -0.1) is 0 Å². The first-order chi connectivity index (χ1) is 22.2. The van der Waals surface area contributed by atoms with E-state index in [1.165, 1.54) is 11.8 Å². The van der Waals surface area contributed by atoms with Crippen LogP contribution >= 0.6 is 11.8 Å². The first-order valence-electron chi connectivity index (χ1n) is 14.8. The first-order valence-corrected chi connectivity index (χ1v) is 17.9. The molecule has 0 aliphatic carbocycles. The van der Waals surface area contributed by atoms with Crippen LogP contribution < -0.4 is 21.1 Å². The molecule has 0 unspecified atom stereocenters. The van der Waals surface area contributed by atoms with Crippen molar-refractivity contribution in [1.29, 1.82) is 5.41 Å². The lowest BCUT2D eigenvalue weighted by Gasteiger charge is -2.30. The van der Waals surface area contributed by atoms with Gasteiger partial charge in [-0.25, -0.2) is 13.1 Å². The van der Waals surface area contributed by atoms with Gasteiger partial charge >= 0.3 is 0 Å². The van der Waals surface area contributed by atoms with Crippen molar-refractivity contribution in [3.63, 3.8) is 0 Å². The molecule has 0 aliphatic rings. The summed E-state index contributed by atoms with van der Waals surface area (Å²) >= 11 is 1.54. The summed E-state index contributed by atoms with van der Waals surface area (Å²) in [5.41, 5.74) is 8.99. The van der Waals surface area contributed by atoms with Crippen LogP contribution in [0.2, 0.25) is 0 Å². The Bertz CT molecular complexity index is 1650. The lowest BCUT2D eigenvalue weighted by Crippen LogP contribution is -2.55. The molecule has 46 heavy (non-hydrogen) atoms. The number of sulfonamides is 1. The largest absolute Gasteiger partial charge is 0.384 e. The van der Waals surface area contributed by atoms with Crippen LogP contribution in [0.3, 0.4) is 0 Å². The molecule has 0 aliphatic heterocycles. The molecule has 0 spiro atoms. The topological polar surface area (TPSA) is 154 Å². The van der Waals surface area contributed by atoms with Gasteiger partial charge in [0.15, 0.2) is 0 Å². The fourth-order valence-corrected chi connectivity index (χ4v) is 6.90. The zero-order valence-electron chi connectivity index (χ0n) is 25.6. The Morgan fingerprint density at radius 3 is 1.85 bits per heavy atom. The molecule has 0 bridgehead atoms. The van der Waals surface area contributed by atoms with E-state index >= 15 is 0 Å². The molecule has 4 rings (SSSR count). The number of nitrogens with two attached hydrogens (primary N) is 1. The van der Waals surface area contributed by atoms with Crippen molar-refractivity contribution < 1.29 is 18.0 Å². The van der Waals surface area contributed by atoms with Gasteiger partial charge in [-0.1, -0.05) is 115 Å². The third-order valence-electron chi connectivity index (χ3n) is 7.41. The number of carbonyl (C=O) groups is 2. The van der Waals surface area contributed by atoms with Crippen LogP contribution in [-0.4, -0.2) is 50.2 Å². The van der Waals surface area contributed by atoms with Gasteiger partial charge in [-0.05, 0) is 40.7 Å². The van der Waals surface area contributed by atoms with Crippen molar-refractivity contribution in [2.24, 2.45) is 5.73 Å². The molecule has 2 amide bonds. The molecular formula is C35H39N5O4S2. The standard InChI is InChI=1S/C35H39N5O4S2/c1-45-22-21-30(34(41)38-23-25-17-19-29(20-18-25)33(36)37)39-35(42)32(40-46(43,44)24-26-11-5-2-6-12-26)31(27-13-7-3-8-14-27)28-15-9-4-10-16-28/h2-20,30-32,40H,21-24H2,1H3,(H3,36,37)(H,38,41)(H,39,42)/t30-,32+/m0/s1. The number of nitrogens with one attached hydrogen (secondary N) is 4. The summed E-state index contributed by atoms with van der Waals surface area (Å²) in [4.78, 5) is 27.7. The fraction of sp³-hybridized carbons (Fsp3) is 0.229. The molecule has 0 radical (unpaired) electrons. The summed E-state index contributed by atoms with van der Waals surface area (Å²) < 4.78 is 29.9. The SMILES string of the molecule is CSCC[C@H](NC(=O)[C@H](NS(=O)(=O)Cc1ccccc1)C(c1ccccc1)c1ccccc1)C(=O)NCc1ccc(C(=N)N)cc1. The van der Waals surface area contributed by atoms with Crippen LogP contribution in [0, 0.1) is 5.41 Å². The summed E-state index contributed by atoms with van der Waals surface area (Å²) in [6, 6.07) is 32.1. The fourth-order valence-electron chi connectivity index (χ4n) is 5.08. The van der Waals surface area contributed by atoms with Crippen LogP contribution in [0.5, 0.6) is 0 Å². The van der Waals surface area contributed by atoms with Gasteiger partial charge < -0.3 is 16.4 Å². The number of thioether (sulfide) groups is 1. The second-order valence-electron chi connectivity index (χ2n) is 10.8. The van der Waals surface area contributed by atoms with E-state index in [0.717, 1.165) is 16.7 Å². The van der Waals surface area contributed by atoms with Crippen molar-refractivity contribution in [3.8, 4) is 0 Å². The van der Waals surface area contributed by atoms with Crippen LogP contribution in [0.15, 0.2) is 115 Å². The van der Waals surface area contributed by atoms with Gasteiger partial charge in [0.1, 0.15) is 17.9 Å². The van der Waals surface area contributed by atoms with E-state index in [0.29, 0.717) is 23.3 Å². The van der Waals surface area contributed by atoms with Crippen molar-refractivity contribution in [2.45, 2.75) is 36.7 Å². The summed E-state index contributed by atoms with van der Waals surface area (Å²) in [5.74, 6) is -1.45. The first kappa shape index (κ1) is 34.4. The van der Waals surface area contributed by atoms with Gasteiger partial charge in [0.25, 0.3) is 0 Å². The molecule has 0 aromatic heterocycles. The zero-order valence-corrected chi connectivity index (χ0v) is 27.2. The Morgan fingerprint density at radius 2 is 1.33 bits per heavy atom. The Balaban J connectivity index is 1.63. The number of rotatable bonds is 16. The monoisotopic (exact) mass is 657 g/mol. The quantitative estimate of drug-likeness (QED) is 0.0902. The predicted octanol–water partition coefficient (Wildman–Crippen LogP) is 4.15. The predicted molar refractivity (Wildman–Crippen MR) is 185 cm³/mol. The number of carbonyl (C=O) groups excluding carboxylic acids is 2. The molecular weight excluding hydrogens is 619 g/mol. The zero-order chi connectivity index (χ0) is 32.9. The maximum absolute atomic E-state index is 14.3. The van der Waals surface area contributed by atoms with Gasteiger partial charge in [0.05, 0.1) is 5.75 Å². The van der Waals surface area contributed by atoms with E-state index < -0.39 is 33.9 Å².